The van der Waals surface area contributed by atoms with Gasteiger partial charge in [0, 0.05) is 11.9 Å². The molecule has 0 unspecified atom stereocenters. The Morgan fingerprint density at radius 1 is 1.50 bits per heavy atom. The summed E-state index contributed by atoms with van der Waals surface area (Å²) >= 11 is 0. The van der Waals surface area contributed by atoms with Crippen LogP contribution in [0, 0.1) is 12.8 Å². The molecule has 1 aromatic heterocycles. The maximum atomic E-state index is 4.20. The zero-order valence-electron chi connectivity index (χ0n) is 7.64. The van der Waals surface area contributed by atoms with E-state index < -0.39 is 0 Å². The molecule has 0 atom stereocenters. The summed E-state index contributed by atoms with van der Waals surface area (Å²) < 4.78 is 0. The molecule has 2 heteroatoms. The quantitative estimate of drug-likeness (QED) is 0.714. The number of aryl methyl sites for hydroxylation is 1. The molecule has 1 aliphatic carbocycles. The molecule has 0 spiro atoms. The molecule has 0 saturated heterocycles. The Hall–Kier alpha value is -0.790. The molecular formula is C10H16N2. The van der Waals surface area contributed by atoms with E-state index in [1.807, 2.05) is 13.1 Å². The summed E-state index contributed by atoms with van der Waals surface area (Å²) in [7, 11) is 0. The number of H-pyrrole nitrogens is 1. The second kappa shape index (κ2) is 3.30. The molecule has 12 heavy (non-hydrogen) atoms. The van der Waals surface area contributed by atoms with Gasteiger partial charge in [-0.05, 0) is 19.3 Å². The zero-order valence-corrected chi connectivity index (χ0v) is 7.64. The SMILES string of the molecule is Cc1ncc(CC2CCCC2)[nH]1. The smallest absolute Gasteiger partial charge is 0.103 e. The Bertz CT molecular complexity index is 246. The van der Waals surface area contributed by atoms with Crippen molar-refractivity contribution < 1.29 is 0 Å². The van der Waals surface area contributed by atoms with Gasteiger partial charge in [-0.3, -0.25) is 0 Å². The van der Waals surface area contributed by atoms with Crippen LogP contribution in [0.15, 0.2) is 6.20 Å². The highest BCUT2D eigenvalue weighted by molar-refractivity contribution is 5.01. The van der Waals surface area contributed by atoms with Gasteiger partial charge in [-0.15, -0.1) is 0 Å². The van der Waals surface area contributed by atoms with E-state index in [4.69, 9.17) is 0 Å². The van der Waals surface area contributed by atoms with E-state index in [0.717, 1.165) is 11.7 Å². The van der Waals surface area contributed by atoms with Gasteiger partial charge in [-0.1, -0.05) is 25.7 Å². The fourth-order valence-corrected chi connectivity index (χ4v) is 2.10. The van der Waals surface area contributed by atoms with Gasteiger partial charge in [-0.2, -0.15) is 0 Å². The third-order valence-electron chi connectivity index (χ3n) is 2.74. The van der Waals surface area contributed by atoms with Crippen molar-refractivity contribution in [2.24, 2.45) is 5.92 Å². The Kier molecular flexibility index (Phi) is 2.15. The van der Waals surface area contributed by atoms with Crippen LogP contribution in [-0.4, -0.2) is 9.97 Å². The van der Waals surface area contributed by atoms with Crippen molar-refractivity contribution in [1.29, 1.82) is 0 Å². The second-order valence-corrected chi connectivity index (χ2v) is 3.85. The summed E-state index contributed by atoms with van der Waals surface area (Å²) in [5.74, 6) is 1.97. The first-order valence-electron chi connectivity index (χ1n) is 4.85. The molecule has 1 aliphatic rings. The molecule has 0 aliphatic heterocycles. The van der Waals surface area contributed by atoms with Crippen LogP contribution in [-0.2, 0) is 6.42 Å². The highest BCUT2D eigenvalue weighted by Gasteiger charge is 2.15. The van der Waals surface area contributed by atoms with Crippen LogP contribution in [0.3, 0.4) is 0 Å². The lowest BCUT2D eigenvalue weighted by atomic mass is 10.0. The maximum absolute atomic E-state index is 4.20. The molecule has 0 bridgehead atoms. The number of imidazole rings is 1. The van der Waals surface area contributed by atoms with Gasteiger partial charge in [0.25, 0.3) is 0 Å². The number of hydrogen-bond donors (Lipinski definition) is 1. The maximum Gasteiger partial charge on any atom is 0.103 e. The lowest BCUT2D eigenvalue weighted by molar-refractivity contribution is 0.540. The molecule has 1 fully saturated rings. The summed E-state index contributed by atoms with van der Waals surface area (Å²) in [5.41, 5.74) is 1.32. The van der Waals surface area contributed by atoms with Crippen LogP contribution in [0.1, 0.15) is 37.2 Å². The zero-order chi connectivity index (χ0) is 8.39. The lowest BCUT2D eigenvalue weighted by Gasteiger charge is -2.05. The first-order chi connectivity index (χ1) is 5.84. The summed E-state index contributed by atoms with van der Waals surface area (Å²) in [6.45, 7) is 2.01. The molecule has 0 radical (unpaired) electrons. The average Bonchev–Trinajstić information content (AvgIpc) is 2.63. The Labute approximate surface area is 73.4 Å². The highest BCUT2D eigenvalue weighted by atomic mass is 14.9. The molecule has 0 aromatic carbocycles. The first-order valence-corrected chi connectivity index (χ1v) is 4.85. The van der Waals surface area contributed by atoms with Crippen LogP contribution in [0.25, 0.3) is 0 Å². The first kappa shape index (κ1) is 7.84. The molecule has 2 rings (SSSR count). The molecule has 1 heterocycles. The van der Waals surface area contributed by atoms with Crippen LogP contribution in [0.2, 0.25) is 0 Å². The number of hydrogen-bond acceptors (Lipinski definition) is 1. The van der Waals surface area contributed by atoms with Crippen LogP contribution >= 0.6 is 0 Å². The van der Waals surface area contributed by atoms with Crippen molar-refractivity contribution in [2.45, 2.75) is 39.0 Å². The predicted octanol–water partition coefficient (Wildman–Crippen LogP) is 2.45. The van der Waals surface area contributed by atoms with Gasteiger partial charge < -0.3 is 4.98 Å². The van der Waals surface area contributed by atoms with Gasteiger partial charge in [-0.25, -0.2) is 4.98 Å². The third kappa shape index (κ3) is 1.68. The van der Waals surface area contributed by atoms with Gasteiger partial charge in [0.1, 0.15) is 5.82 Å². The molecule has 1 aromatic rings. The average molecular weight is 164 g/mol. The van der Waals surface area contributed by atoms with E-state index in [9.17, 15) is 0 Å². The number of rotatable bonds is 2. The Morgan fingerprint density at radius 3 is 2.83 bits per heavy atom. The van der Waals surface area contributed by atoms with Crippen LogP contribution < -0.4 is 0 Å². The van der Waals surface area contributed by atoms with Gasteiger partial charge >= 0.3 is 0 Å². The fraction of sp³-hybridized carbons (Fsp3) is 0.700. The van der Waals surface area contributed by atoms with Crippen molar-refractivity contribution in [3.8, 4) is 0 Å². The van der Waals surface area contributed by atoms with Crippen molar-refractivity contribution >= 4 is 0 Å². The van der Waals surface area contributed by atoms with Gasteiger partial charge in [0.05, 0.1) is 0 Å². The van der Waals surface area contributed by atoms with Gasteiger partial charge in [0.15, 0.2) is 0 Å². The fourth-order valence-electron chi connectivity index (χ4n) is 2.10. The van der Waals surface area contributed by atoms with E-state index in [0.29, 0.717) is 0 Å². The predicted molar refractivity (Wildman–Crippen MR) is 49.0 cm³/mol. The summed E-state index contributed by atoms with van der Waals surface area (Å²) in [4.78, 5) is 7.49. The van der Waals surface area contributed by atoms with Gasteiger partial charge in [0.2, 0.25) is 0 Å². The lowest BCUT2D eigenvalue weighted by Crippen LogP contribution is -1.98. The molecular weight excluding hydrogens is 148 g/mol. The number of aromatic nitrogens is 2. The second-order valence-electron chi connectivity index (χ2n) is 3.85. The standard InChI is InChI=1S/C10H16N2/c1-8-11-7-10(12-8)6-9-4-2-3-5-9/h7,9H,2-6H2,1H3,(H,11,12). The minimum Gasteiger partial charge on any atom is -0.346 e. The van der Waals surface area contributed by atoms with Crippen LogP contribution in [0.5, 0.6) is 0 Å². The van der Waals surface area contributed by atoms with E-state index >= 15 is 0 Å². The number of nitrogens with one attached hydrogen (secondary N) is 1. The van der Waals surface area contributed by atoms with Crippen molar-refractivity contribution in [3.05, 3.63) is 17.7 Å². The number of nitrogens with zero attached hydrogens (tertiary/aromatic N) is 1. The minimum atomic E-state index is 0.921. The molecule has 1 N–H and O–H groups in total. The normalized spacial score (nSPS) is 18.8. The van der Waals surface area contributed by atoms with E-state index in [2.05, 4.69) is 9.97 Å². The third-order valence-corrected chi connectivity index (χ3v) is 2.74. The van der Waals surface area contributed by atoms with Crippen molar-refractivity contribution in [1.82, 2.24) is 9.97 Å². The highest BCUT2D eigenvalue weighted by Crippen LogP contribution is 2.27. The topological polar surface area (TPSA) is 28.7 Å². The Morgan fingerprint density at radius 2 is 2.25 bits per heavy atom. The molecule has 2 nitrogen and oxygen atoms in total. The number of aromatic amines is 1. The summed E-state index contributed by atoms with van der Waals surface area (Å²) in [6.07, 6.45) is 8.88. The monoisotopic (exact) mass is 164 g/mol. The molecule has 0 amide bonds. The van der Waals surface area contributed by atoms with E-state index in [1.165, 1.54) is 37.8 Å². The largest absolute Gasteiger partial charge is 0.346 e. The van der Waals surface area contributed by atoms with E-state index in [1.54, 1.807) is 0 Å². The van der Waals surface area contributed by atoms with Crippen molar-refractivity contribution in [2.75, 3.05) is 0 Å². The minimum absolute atomic E-state index is 0.921. The summed E-state index contributed by atoms with van der Waals surface area (Å²) in [6, 6.07) is 0. The van der Waals surface area contributed by atoms with Crippen LogP contribution in [0.4, 0.5) is 0 Å². The Balaban J connectivity index is 1.94. The van der Waals surface area contributed by atoms with Crippen molar-refractivity contribution in [3.63, 3.8) is 0 Å². The molecule has 1 saturated carbocycles. The summed E-state index contributed by atoms with van der Waals surface area (Å²) in [5, 5.41) is 0. The molecule has 66 valence electrons. The van der Waals surface area contributed by atoms with E-state index in [-0.39, 0.29) is 0 Å².